The van der Waals surface area contributed by atoms with E-state index in [9.17, 15) is 4.39 Å². The van der Waals surface area contributed by atoms with Gasteiger partial charge in [0.2, 0.25) is 23.6 Å². The minimum atomic E-state index is -0.172. The highest BCUT2D eigenvalue weighted by Crippen LogP contribution is 2.42. The van der Waals surface area contributed by atoms with E-state index < -0.39 is 0 Å². The monoisotopic (exact) mass is 1270 g/mol. The molecule has 17 heteroatoms. The number of pyridine rings is 5. The van der Waals surface area contributed by atoms with Crippen LogP contribution in [0.3, 0.4) is 0 Å². The van der Waals surface area contributed by atoms with E-state index in [2.05, 4.69) is 83.0 Å². The molecule has 0 spiro atoms. The van der Waals surface area contributed by atoms with Crippen LogP contribution >= 0.6 is 34.8 Å². The molecule has 0 saturated heterocycles. The van der Waals surface area contributed by atoms with Crippen LogP contribution in [0.5, 0.6) is 0 Å². The molecule has 91 heavy (non-hydrogen) atoms. The highest BCUT2D eigenvalue weighted by atomic mass is 35.5. The van der Waals surface area contributed by atoms with Crippen LogP contribution in [0.1, 0.15) is 129 Å². The molecule has 16 rings (SSSR count). The molecule has 4 aliphatic carbocycles. The summed E-state index contributed by atoms with van der Waals surface area (Å²) in [5, 5.41) is 2.41. The van der Waals surface area contributed by atoms with Gasteiger partial charge in [-0.3, -0.25) is 24.9 Å². The molecule has 4 aliphatic rings. The molecule has 0 bridgehead atoms. The predicted molar refractivity (Wildman–Crippen MR) is 351 cm³/mol. The summed E-state index contributed by atoms with van der Waals surface area (Å²) < 4.78 is 37.7. The molecule has 0 aliphatic heterocycles. The summed E-state index contributed by atoms with van der Waals surface area (Å²) in [5.74, 6) is 7.71. The lowest BCUT2D eigenvalue weighted by Crippen LogP contribution is -2.21. The summed E-state index contributed by atoms with van der Waals surface area (Å²) in [5.41, 5.74) is 13.8. The number of halogens is 4. The minimum absolute atomic E-state index is 0.172. The molecule has 0 N–H and O–H groups in total. The zero-order valence-electron chi connectivity index (χ0n) is 50.6. The Bertz CT molecular complexity index is 4290. The number of hydrogen-bond donors (Lipinski definition) is 0. The van der Waals surface area contributed by atoms with Gasteiger partial charge in [0.05, 0.1) is 33.5 Å². The Morgan fingerprint density at radius 1 is 0.396 bits per heavy atom. The van der Waals surface area contributed by atoms with Gasteiger partial charge in [0.15, 0.2) is 0 Å². The summed E-state index contributed by atoms with van der Waals surface area (Å²) in [6.07, 6.45) is 18.6. The predicted octanol–water partition coefficient (Wildman–Crippen LogP) is 18.4. The largest absolute Gasteiger partial charge is 0.440 e. The van der Waals surface area contributed by atoms with Gasteiger partial charge in [0, 0.05) is 72.6 Å². The highest BCUT2D eigenvalue weighted by Gasteiger charge is 2.33. The van der Waals surface area contributed by atoms with Gasteiger partial charge >= 0.3 is 0 Å². The van der Waals surface area contributed by atoms with E-state index in [0.717, 1.165) is 171 Å². The number of aryl methyl sites for hydroxylation is 5. The molecule has 0 amide bonds. The molecular formula is C74H65Cl3FN9O4. The van der Waals surface area contributed by atoms with Crippen molar-refractivity contribution < 1.29 is 22.1 Å². The van der Waals surface area contributed by atoms with Crippen molar-refractivity contribution in [2.75, 3.05) is 0 Å². The quantitative estimate of drug-likeness (QED) is 0.141. The molecule has 3 aromatic carbocycles. The van der Waals surface area contributed by atoms with Gasteiger partial charge in [-0.15, -0.1) is 0 Å². The molecule has 458 valence electrons. The zero-order chi connectivity index (χ0) is 62.4. The maximum Gasteiger partial charge on any atom is 0.245 e. The Hall–Kier alpha value is -8.95. The average molecular weight is 1270 g/mol. The van der Waals surface area contributed by atoms with Crippen molar-refractivity contribution in [2.24, 2.45) is 5.92 Å². The van der Waals surface area contributed by atoms with E-state index in [4.69, 9.17) is 52.5 Å². The summed E-state index contributed by atoms with van der Waals surface area (Å²) in [6, 6.07) is 46.3. The van der Waals surface area contributed by atoms with Gasteiger partial charge in [-0.05, 0) is 195 Å². The van der Waals surface area contributed by atoms with E-state index in [1.54, 1.807) is 43.1 Å². The van der Waals surface area contributed by atoms with Gasteiger partial charge in [-0.25, -0.2) is 24.3 Å². The first-order valence-electron chi connectivity index (χ1n) is 30.9. The van der Waals surface area contributed by atoms with Gasteiger partial charge in [-0.2, -0.15) is 0 Å². The normalized spacial score (nSPS) is 17.9. The third-order valence-electron chi connectivity index (χ3n) is 17.3. The second-order valence-corrected chi connectivity index (χ2v) is 24.9. The second kappa shape index (κ2) is 27.7. The maximum atomic E-state index is 13.8. The summed E-state index contributed by atoms with van der Waals surface area (Å²) >= 11 is 19.0. The lowest BCUT2D eigenvalue weighted by molar-refractivity contribution is 0.378. The molecule has 5 atom stereocenters. The van der Waals surface area contributed by atoms with Crippen molar-refractivity contribution in [3.63, 3.8) is 0 Å². The van der Waals surface area contributed by atoms with E-state index in [0.29, 0.717) is 41.3 Å². The Kier molecular flexibility index (Phi) is 18.5. The fraction of sp³-hybridized carbons (Fsp3) is 0.257. The fourth-order valence-corrected chi connectivity index (χ4v) is 13.7. The van der Waals surface area contributed by atoms with Crippen LogP contribution < -0.4 is 0 Å². The fourth-order valence-electron chi connectivity index (χ4n) is 12.7. The molecule has 5 unspecified atom stereocenters. The summed E-state index contributed by atoms with van der Waals surface area (Å²) in [6.45, 7) is 6.19. The molecule has 9 heterocycles. The maximum absolute atomic E-state index is 13.8. The number of oxazole rings is 4. The van der Waals surface area contributed by atoms with E-state index in [1.807, 2.05) is 116 Å². The molecule has 0 fully saturated rings. The number of aromatic nitrogens is 9. The summed E-state index contributed by atoms with van der Waals surface area (Å²) in [7, 11) is 0. The molecule has 12 aromatic rings. The summed E-state index contributed by atoms with van der Waals surface area (Å²) in [4.78, 5) is 40.1. The SMILES string of the molecule is Cc1cc(F)cc(C2Cc3oc(-c4ccccn4)nc3CC2C)c1.Cc1ccc(C2CCc3nc(-c4ccccn4)oc3C2)c(Cl)c1.Clc1ccccc1C1CCc2nc(-c3ccccn3)oc2C1.Clc1cccnc1C1CCc2nc(-c3ccccn3)oc2C1. The van der Waals surface area contributed by atoms with Crippen LogP contribution in [0.4, 0.5) is 4.39 Å². The Labute approximate surface area is 542 Å². The number of hydrogen-bond acceptors (Lipinski definition) is 13. The van der Waals surface area contributed by atoms with Crippen LogP contribution in [0.2, 0.25) is 15.1 Å². The third kappa shape index (κ3) is 14.2. The Morgan fingerprint density at radius 3 is 1.31 bits per heavy atom. The van der Waals surface area contributed by atoms with Gasteiger partial charge < -0.3 is 17.7 Å². The molecule has 9 aromatic heterocycles. The first-order valence-corrected chi connectivity index (χ1v) is 32.0. The zero-order valence-corrected chi connectivity index (χ0v) is 52.8. The van der Waals surface area contributed by atoms with Crippen LogP contribution in [-0.4, -0.2) is 44.9 Å². The van der Waals surface area contributed by atoms with Crippen LogP contribution in [0, 0.1) is 25.6 Å². The lowest BCUT2D eigenvalue weighted by Gasteiger charge is -2.28. The first kappa shape index (κ1) is 60.9. The standard InChI is InChI=1S/C20H19FN2O.C19H17ClN2O.C18H15ClN2O.C17H14ClN3O/c1-12-7-14(10-15(21)8-12)16-11-19-18(9-13(16)2)23-20(24-19)17-5-3-4-6-22-17;1-12-5-7-14(15(20)10-12)13-6-8-16-18(11-13)23-19(22-16)17-4-2-3-9-21-17;19-14-6-2-1-5-13(14)12-8-9-15-17(11-12)22-18(21-15)16-7-3-4-10-20-16;18-12-4-3-9-20-16(12)11-6-7-13-15(10-11)22-17(21-13)14-5-1-2-8-19-14/h3-8,10,13,16H,9,11H2,1-2H3;2-5,7,9-10,13H,6,8,11H2,1H3;1-7,10,12H,8-9,11H2;1-5,8-9,11H,6-7,10H2. The van der Waals surface area contributed by atoms with E-state index in [-0.39, 0.29) is 17.7 Å². The number of rotatable bonds is 8. The first-order chi connectivity index (χ1) is 44.4. The van der Waals surface area contributed by atoms with Crippen LogP contribution in [-0.2, 0) is 51.4 Å². The number of benzene rings is 3. The van der Waals surface area contributed by atoms with Gasteiger partial charge in [-0.1, -0.05) is 102 Å². The van der Waals surface area contributed by atoms with Crippen molar-refractivity contribution in [3.8, 4) is 46.3 Å². The molecular weight excluding hydrogens is 1200 g/mol. The van der Waals surface area contributed by atoms with Crippen molar-refractivity contribution in [2.45, 2.75) is 115 Å². The van der Waals surface area contributed by atoms with Crippen molar-refractivity contribution in [1.82, 2.24) is 44.9 Å². The van der Waals surface area contributed by atoms with E-state index in [1.165, 1.54) is 16.7 Å². The third-order valence-corrected chi connectivity index (χ3v) is 18.3. The molecule has 0 saturated carbocycles. The Balaban J connectivity index is 0.000000111. The Morgan fingerprint density at radius 2 is 0.835 bits per heavy atom. The topological polar surface area (TPSA) is 169 Å². The van der Waals surface area contributed by atoms with Crippen LogP contribution in [0.25, 0.3) is 46.3 Å². The second-order valence-electron chi connectivity index (χ2n) is 23.7. The molecule has 0 radical (unpaired) electrons. The lowest BCUT2D eigenvalue weighted by atomic mass is 9.77. The van der Waals surface area contributed by atoms with Crippen molar-refractivity contribution in [1.29, 1.82) is 0 Å². The minimum Gasteiger partial charge on any atom is -0.440 e. The smallest absolute Gasteiger partial charge is 0.245 e. The van der Waals surface area contributed by atoms with Gasteiger partial charge in [0.1, 0.15) is 51.6 Å². The number of nitrogens with zero attached hydrogens (tertiary/aromatic N) is 9. The highest BCUT2D eigenvalue weighted by molar-refractivity contribution is 6.32. The average Bonchev–Trinajstić information content (AvgIpc) is 1.83. The van der Waals surface area contributed by atoms with E-state index >= 15 is 0 Å². The van der Waals surface area contributed by atoms with Crippen LogP contribution in [0.15, 0.2) is 194 Å². The van der Waals surface area contributed by atoms with Crippen molar-refractivity contribution >= 4 is 34.8 Å². The van der Waals surface area contributed by atoms with Gasteiger partial charge in [0.25, 0.3) is 0 Å². The molecule has 13 nitrogen and oxygen atoms in total. The number of fused-ring (bicyclic) bond motifs is 4. The van der Waals surface area contributed by atoms with Crippen molar-refractivity contribution in [3.05, 3.63) is 277 Å².